The fourth-order valence-corrected chi connectivity index (χ4v) is 1.17. The van der Waals surface area contributed by atoms with Crippen molar-refractivity contribution in [1.82, 2.24) is 0 Å². The van der Waals surface area contributed by atoms with Crippen molar-refractivity contribution in [3.8, 4) is 0 Å². The Hall–Kier alpha value is -1.48. The number of rotatable bonds is 1. The second-order valence-electron chi connectivity index (χ2n) is 2.74. The summed E-state index contributed by atoms with van der Waals surface area (Å²) in [7, 11) is 1.62. The molecule has 1 aliphatic heterocycles. The number of nitrogens with zero attached hydrogens (tertiary/aromatic N) is 2. The molecular weight excluding hydrogens is 164 g/mol. The maximum absolute atomic E-state index is 5.06. The van der Waals surface area contributed by atoms with Gasteiger partial charge < -0.3 is 4.74 Å². The van der Waals surface area contributed by atoms with Crippen molar-refractivity contribution in [2.45, 2.75) is 6.23 Å². The summed E-state index contributed by atoms with van der Waals surface area (Å²) < 4.78 is 5.06. The summed E-state index contributed by atoms with van der Waals surface area (Å²) in [4.78, 5) is 8.45. The second-order valence-corrected chi connectivity index (χ2v) is 2.74. The molecule has 0 aromatic heterocycles. The van der Waals surface area contributed by atoms with Crippen LogP contribution in [0, 0.1) is 0 Å². The Kier molecular flexibility index (Phi) is 2.19. The van der Waals surface area contributed by atoms with E-state index in [4.69, 9.17) is 4.74 Å². The van der Waals surface area contributed by atoms with Crippen molar-refractivity contribution >= 4 is 18.1 Å². The van der Waals surface area contributed by atoms with Crippen LogP contribution in [-0.2, 0) is 4.74 Å². The van der Waals surface area contributed by atoms with E-state index in [1.165, 1.54) is 0 Å². The van der Waals surface area contributed by atoms with Crippen molar-refractivity contribution in [2.24, 2.45) is 9.98 Å². The number of ether oxygens (including phenoxy) is 1. The van der Waals surface area contributed by atoms with Crippen molar-refractivity contribution < 1.29 is 4.74 Å². The molecule has 0 radical (unpaired) electrons. The average Bonchev–Trinajstić information content (AvgIpc) is 2.39. The lowest BCUT2D eigenvalue weighted by Crippen LogP contribution is -2.07. The first kappa shape index (κ1) is 8.13. The molecule has 0 fully saturated rings. The van der Waals surface area contributed by atoms with Crippen LogP contribution in [0.5, 0.6) is 0 Å². The third kappa shape index (κ3) is 1.65. The lowest BCUT2D eigenvalue weighted by molar-refractivity contribution is 0.167. The lowest BCUT2D eigenvalue weighted by atomic mass is 10.2. The van der Waals surface area contributed by atoms with E-state index in [1.807, 2.05) is 24.3 Å². The number of methoxy groups -OCH3 is 1. The van der Waals surface area contributed by atoms with Gasteiger partial charge in [0.1, 0.15) is 0 Å². The molecule has 3 heteroatoms. The van der Waals surface area contributed by atoms with Crippen molar-refractivity contribution in [2.75, 3.05) is 7.11 Å². The van der Waals surface area contributed by atoms with Crippen LogP contribution in [0.3, 0.4) is 0 Å². The highest BCUT2D eigenvalue weighted by molar-refractivity contribution is 5.90. The van der Waals surface area contributed by atoms with Crippen LogP contribution in [0.15, 0.2) is 34.3 Å². The summed E-state index contributed by atoms with van der Waals surface area (Å²) >= 11 is 0. The Bertz CT molecular complexity index is 325. The van der Waals surface area contributed by atoms with Gasteiger partial charge in [-0.3, -0.25) is 9.98 Å². The van der Waals surface area contributed by atoms with Gasteiger partial charge in [-0.2, -0.15) is 0 Å². The van der Waals surface area contributed by atoms with E-state index in [1.54, 1.807) is 19.5 Å². The van der Waals surface area contributed by atoms with Gasteiger partial charge in [-0.05, 0) is 6.07 Å². The first-order valence-corrected chi connectivity index (χ1v) is 4.09. The highest BCUT2D eigenvalue weighted by Crippen LogP contribution is 2.18. The largest absolute Gasteiger partial charge is 0.355 e. The first-order chi connectivity index (χ1) is 6.40. The molecule has 0 N–H and O–H groups in total. The van der Waals surface area contributed by atoms with Crippen molar-refractivity contribution in [1.29, 1.82) is 0 Å². The molecule has 0 aliphatic carbocycles. The van der Waals surface area contributed by atoms with Gasteiger partial charge in [0.2, 0.25) is 0 Å². The summed E-state index contributed by atoms with van der Waals surface area (Å²) in [6.45, 7) is 0. The molecule has 1 atom stereocenters. The van der Waals surface area contributed by atoms with Crippen LogP contribution in [0.1, 0.15) is 5.56 Å². The molecule has 0 saturated heterocycles. The van der Waals surface area contributed by atoms with E-state index in [0.29, 0.717) is 0 Å². The lowest BCUT2D eigenvalue weighted by Gasteiger charge is -1.99. The zero-order valence-electron chi connectivity index (χ0n) is 7.34. The fourth-order valence-electron chi connectivity index (χ4n) is 1.17. The number of aliphatic imine (C=N–C) groups is 2. The Balaban J connectivity index is 2.41. The third-order valence-corrected chi connectivity index (χ3v) is 1.88. The maximum Gasteiger partial charge on any atom is 0.183 e. The topological polar surface area (TPSA) is 34.0 Å². The van der Waals surface area contributed by atoms with Crippen LogP contribution in [0.2, 0.25) is 0 Å². The Labute approximate surface area is 76.8 Å². The van der Waals surface area contributed by atoms with Gasteiger partial charge in [0.25, 0.3) is 0 Å². The van der Waals surface area contributed by atoms with E-state index in [-0.39, 0.29) is 6.23 Å². The van der Waals surface area contributed by atoms with E-state index in [9.17, 15) is 0 Å². The van der Waals surface area contributed by atoms with Crippen LogP contribution >= 0.6 is 0 Å². The van der Waals surface area contributed by atoms with Gasteiger partial charge >= 0.3 is 0 Å². The molecule has 66 valence electrons. The van der Waals surface area contributed by atoms with Crippen molar-refractivity contribution in [3.05, 3.63) is 29.8 Å². The zero-order chi connectivity index (χ0) is 9.10. The smallest absolute Gasteiger partial charge is 0.183 e. The fraction of sp³-hybridized carbons (Fsp3) is 0.200. The van der Waals surface area contributed by atoms with Gasteiger partial charge in [-0.15, -0.1) is 0 Å². The Morgan fingerprint density at radius 1 is 1.31 bits per heavy atom. The van der Waals surface area contributed by atoms with E-state index < -0.39 is 0 Å². The molecule has 1 aliphatic rings. The highest BCUT2D eigenvalue weighted by atomic mass is 16.5. The molecule has 3 nitrogen and oxygen atoms in total. The van der Waals surface area contributed by atoms with Crippen LogP contribution < -0.4 is 0 Å². The summed E-state index contributed by atoms with van der Waals surface area (Å²) in [6, 6.07) is 7.86. The van der Waals surface area contributed by atoms with Gasteiger partial charge in [-0.25, -0.2) is 0 Å². The summed E-state index contributed by atoms with van der Waals surface area (Å²) in [5.74, 6) is 0. The number of para-hydroxylation sites is 1. The normalized spacial score (nSPS) is 19.6. The maximum atomic E-state index is 5.06. The Morgan fingerprint density at radius 3 is 3.00 bits per heavy atom. The van der Waals surface area contributed by atoms with E-state index in [0.717, 1.165) is 11.3 Å². The minimum Gasteiger partial charge on any atom is -0.355 e. The van der Waals surface area contributed by atoms with Gasteiger partial charge in [0, 0.05) is 18.9 Å². The minimum atomic E-state index is -0.257. The monoisotopic (exact) mass is 174 g/mol. The van der Waals surface area contributed by atoms with Gasteiger partial charge in [-0.1, -0.05) is 18.2 Å². The average molecular weight is 174 g/mol. The molecule has 1 unspecified atom stereocenters. The molecule has 1 aromatic rings. The standard InChI is InChI=1S/C10H10N2O/c1-13-10-7-11-9-5-3-2-4-8(9)6-12-10/h2-7,10H,1H3. The predicted octanol–water partition coefficient (Wildman–Crippen LogP) is 1.79. The van der Waals surface area contributed by atoms with Crippen molar-refractivity contribution in [3.63, 3.8) is 0 Å². The van der Waals surface area contributed by atoms with Crippen LogP contribution in [-0.4, -0.2) is 25.8 Å². The zero-order valence-corrected chi connectivity index (χ0v) is 7.34. The summed E-state index contributed by atoms with van der Waals surface area (Å²) in [5, 5.41) is 0. The number of benzene rings is 1. The first-order valence-electron chi connectivity index (χ1n) is 4.09. The van der Waals surface area contributed by atoms with Gasteiger partial charge in [0.05, 0.1) is 11.9 Å². The second kappa shape index (κ2) is 3.49. The van der Waals surface area contributed by atoms with E-state index >= 15 is 0 Å². The molecule has 0 bridgehead atoms. The molecule has 13 heavy (non-hydrogen) atoms. The molecular formula is C10H10N2O. The predicted molar refractivity (Wildman–Crippen MR) is 53.0 cm³/mol. The number of fused-ring (bicyclic) bond motifs is 1. The summed E-state index contributed by atoms with van der Waals surface area (Å²) in [5.41, 5.74) is 1.96. The highest BCUT2D eigenvalue weighted by Gasteiger charge is 2.05. The quantitative estimate of drug-likeness (QED) is 0.639. The number of hydrogen-bond donors (Lipinski definition) is 0. The molecule has 1 aromatic carbocycles. The molecule has 2 rings (SSSR count). The summed E-state index contributed by atoms with van der Waals surface area (Å²) in [6.07, 6.45) is 3.23. The van der Waals surface area contributed by atoms with E-state index in [2.05, 4.69) is 9.98 Å². The van der Waals surface area contributed by atoms with Crippen LogP contribution in [0.25, 0.3) is 0 Å². The molecule has 0 amide bonds. The third-order valence-electron chi connectivity index (χ3n) is 1.88. The molecule has 0 saturated carbocycles. The SMILES string of the molecule is COC1C=Nc2ccccc2C=N1. The van der Waals surface area contributed by atoms with Crippen LogP contribution in [0.4, 0.5) is 5.69 Å². The molecule has 0 spiro atoms. The minimum absolute atomic E-state index is 0.257. The number of hydrogen-bond acceptors (Lipinski definition) is 3. The van der Waals surface area contributed by atoms with Gasteiger partial charge in [0.15, 0.2) is 6.23 Å². The molecule has 1 heterocycles. The Morgan fingerprint density at radius 2 is 2.15 bits per heavy atom.